The minimum atomic E-state index is -0.946. The second kappa shape index (κ2) is 14.3. The van der Waals surface area contributed by atoms with Crippen LogP contribution in [-0.2, 0) is 20.8 Å². The normalized spacial score (nSPS) is 18.9. The number of nitrogens with zero attached hydrogens (tertiary/aromatic N) is 4. The number of hydrogen-bond acceptors (Lipinski definition) is 6. The molecule has 0 saturated carbocycles. The number of aliphatic carboxylic acids is 1. The van der Waals surface area contributed by atoms with Gasteiger partial charge in [0.15, 0.2) is 6.54 Å². The third kappa shape index (κ3) is 9.55. The second-order valence-electron chi connectivity index (χ2n) is 10.0. The molecule has 39 heavy (non-hydrogen) atoms. The summed E-state index contributed by atoms with van der Waals surface area (Å²) in [5.74, 6) is -0.812. The number of carboxylic acids is 1. The second-order valence-corrected chi connectivity index (χ2v) is 10.4. The first-order valence-corrected chi connectivity index (χ1v) is 13.2. The van der Waals surface area contributed by atoms with E-state index in [9.17, 15) is 14.0 Å². The minimum absolute atomic E-state index is 0.125. The fourth-order valence-corrected chi connectivity index (χ4v) is 4.25. The maximum atomic E-state index is 13.7. The number of halogens is 2. The maximum Gasteiger partial charge on any atom is 0.307 e. The molecule has 3 N–H and O–H groups in total. The van der Waals surface area contributed by atoms with E-state index in [0.29, 0.717) is 36.0 Å². The van der Waals surface area contributed by atoms with Crippen LogP contribution < -0.4 is 10.4 Å². The summed E-state index contributed by atoms with van der Waals surface area (Å²) in [6.45, 7) is 10.4. The van der Waals surface area contributed by atoms with Crippen LogP contribution in [0.2, 0.25) is 5.02 Å². The number of carbonyl (C=O) groups excluding carboxylic acids is 1. The van der Waals surface area contributed by atoms with Gasteiger partial charge in [0.1, 0.15) is 5.82 Å². The Morgan fingerprint density at radius 1 is 1.23 bits per heavy atom. The summed E-state index contributed by atoms with van der Waals surface area (Å²) in [6.07, 6.45) is 0.312. The van der Waals surface area contributed by atoms with Crippen molar-refractivity contribution in [3.8, 4) is 0 Å². The Morgan fingerprint density at radius 2 is 1.95 bits per heavy atom. The minimum Gasteiger partial charge on any atom is -0.523 e. The van der Waals surface area contributed by atoms with Gasteiger partial charge in [-0.25, -0.2) is 9.98 Å². The van der Waals surface area contributed by atoms with Gasteiger partial charge in [0, 0.05) is 25.2 Å². The lowest BCUT2D eigenvalue weighted by Gasteiger charge is -2.37. The van der Waals surface area contributed by atoms with Crippen molar-refractivity contribution in [1.82, 2.24) is 9.91 Å². The summed E-state index contributed by atoms with van der Waals surface area (Å²) in [5, 5.41) is 15.1. The summed E-state index contributed by atoms with van der Waals surface area (Å²) >= 11 is 5.95. The van der Waals surface area contributed by atoms with Crippen molar-refractivity contribution in [2.45, 2.75) is 33.6 Å². The van der Waals surface area contributed by atoms with E-state index in [1.54, 1.807) is 18.2 Å². The Morgan fingerprint density at radius 3 is 2.59 bits per heavy atom. The molecule has 2 aliphatic heterocycles. The molecule has 212 valence electrons. The highest BCUT2D eigenvalue weighted by Crippen LogP contribution is 2.30. The van der Waals surface area contributed by atoms with E-state index in [2.05, 4.69) is 32.9 Å². The number of carbonyl (C=O) groups is 2. The number of nitrogens with one attached hydrogen (secondary N) is 2. The molecule has 2 heterocycles. The third-order valence-electron chi connectivity index (χ3n) is 6.09. The Hall–Kier alpha value is -3.09. The Balaban J connectivity index is 0.000000216. The van der Waals surface area contributed by atoms with Crippen molar-refractivity contribution in [2.24, 2.45) is 10.9 Å². The number of aliphatic imine (C=N–C) groups is 1. The van der Waals surface area contributed by atoms with Gasteiger partial charge in [-0.1, -0.05) is 49.2 Å². The van der Waals surface area contributed by atoms with Crippen LogP contribution in [0.3, 0.4) is 0 Å². The smallest absolute Gasteiger partial charge is 0.307 e. The van der Waals surface area contributed by atoms with Gasteiger partial charge in [0.25, 0.3) is 0 Å². The molecule has 2 aromatic carbocycles. The number of quaternary nitrogens is 1. The van der Waals surface area contributed by atoms with Crippen LogP contribution in [0.5, 0.6) is 0 Å². The standard InChI is InChI=1S/C15H13ClFNO2.C12H23N5O2/c1-9-5-6-13(10(7-9)8-14(19)20)18-15-11(16)3-2-4-12(15)17;1-10(2)8-11(18)13-12-9-17(14-19-12)16-6-4-15(3)5-7-16/h2-7,18H,8H2,1H3,(H,19,20);10,17H,4-9H2,1-3H3. The van der Waals surface area contributed by atoms with Gasteiger partial charge in [-0.15, -0.1) is 0 Å². The van der Waals surface area contributed by atoms with Crippen molar-refractivity contribution in [3.63, 3.8) is 0 Å². The zero-order valence-corrected chi connectivity index (χ0v) is 23.5. The molecule has 0 aromatic heterocycles. The molecule has 1 amide bonds. The molecule has 0 aliphatic carbocycles. The number of para-hydroxylation sites is 1. The summed E-state index contributed by atoms with van der Waals surface area (Å²) in [6, 6.07) is 9.66. The highest BCUT2D eigenvalue weighted by Gasteiger charge is 2.25. The van der Waals surface area contributed by atoms with Crippen LogP contribution in [0, 0.1) is 18.7 Å². The number of benzene rings is 2. The van der Waals surface area contributed by atoms with Crippen molar-refractivity contribution >= 4 is 40.7 Å². The average Bonchev–Trinajstić information content (AvgIpc) is 3.31. The predicted octanol–water partition coefficient (Wildman–Crippen LogP) is 3.40. The molecule has 0 spiro atoms. The van der Waals surface area contributed by atoms with E-state index in [1.165, 1.54) is 12.1 Å². The van der Waals surface area contributed by atoms with Crippen molar-refractivity contribution in [2.75, 3.05) is 45.1 Å². The molecule has 0 radical (unpaired) electrons. The first-order chi connectivity index (χ1) is 18.5. The molecule has 12 heteroatoms. The summed E-state index contributed by atoms with van der Waals surface area (Å²) in [7, 11) is 2.11. The van der Waals surface area contributed by atoms with Crippen molar-refractivity contribution in [1.29, 1.82) is 0 Å². The van der Waals surface area contributed by atoms with E-state index in [-0.39, 0.29) is 23.0 Å². The SMILES string of the molecule is CC(C)CC(=O)N=C1C[NH+](N2CCN(C)CC2)[N-]O1.Cc1ccc(Nc2c(F)cccc2Cl)c(CC(=O)O)c1. The summed E-state index contributed by atoms with van der Waals surface area (Å²) in [5.41, 5.74) is 6.23. The van der Waals surface area contributed by atoms with Gasteiger partial charge in [0.05, 0.1) is 30.2 Å². The van der Waals surface area contributed by atoms with Crippen LogP contribution in [0.1, 0.15) is 31.4 Å². The number of likely N-dealkylation sites (N-methyl/N-ethyl adjacent to an activating group) is 1. The summed E-state index contributed by atoms with van der Waals surface area (Å²) < 4.78 is 13.7. The molecular weight excluding hydrogens is 527 g/mol. The quantitative estimate of drug-likeness (QED) is 0.474. The number of aryl methyl sites for hydroxylation is 1. The van der Waals surface area contributed by atoms with Gasteiger partial charge in [0.2, 0.25) is 11.8 Å². The van der Waals surface area contributed by atoms with Crippen LogP contribution >= 0.6 is 11.6 Å². The number of amides is 1. The lowest BCUT2D eigenvalue weighted by atomic mass is 10.1. The molecule has 1 unspecified atom stereocenters. The van der Waals surface area contributed by atoms with Gasteiger partial charge in [-0.2, -0.15) is 10.0 Å². The van der Waals surface area contributed by atoms with E-state index < -0.39 is 11.8 Å². The average molecular weight is 563 g/mol. The fraction of sp³-hybridized carbons (Fsp3) is 0.444. The molecule has 2 aliphatic rings. The Labute approximate surface area is 233 Å². The molecule has 4 rings (SSSR count). The highest BCUT2D eigenvalue weighted by molar-refractivity contribution is 6.33. The monoisotopic (exact) mass is 562 g/mol. The Kier molecular flexibility index (Phi) is 11.2. The van der Waals surface area contributed by atoms with E-state index in [1.807, 2.05) is 26.8 Å². The third-order valence-corrected chi connectivity index (χ3v) is 6.41. The van der Waals surface area contributed by atoms with Crippen molar-refractivity contribution < 1.29 is 29.0 Å². The topological polar surface area (TPSA) is 113 Å². The lowest BCUT2D eigenvalue weighted by Crippen LogP contribution is -3.14. The molecule has 2 saturated heterocycles. The van der Waals surface area contributed by atoms with Gasteiger partial charge in [-0.05, 0) is 43.7 Å². The Bertz CT molecular complexity index is 1170. The maximum absolute atomic E-state index is 13.7. The number of piperazine rings is 1. The zero-order valence-electron chi connectivity index (χ0n) is 22.7. The van der Waals surface area contributed by atoms with Crippen LogP contribution in [0.4, 0.5) is 15.8 Å². The molecule has 2 aromatic rings. The molecule has 0 bridgehead atoms. The fourth-order valence-electron chi connectivity index (χ4n) is 4.04. The molecule has 1 atom stereocenters. The first kappa shape index (κ1) is 30.5. The van der Waals surface area contributed by atoms with E-state index in [4.69, 9.17) is 21.5 Å². The van der Waals surface area contributed by atoms with Crippen LogP contribution in [-0.4, -0.2) is 72.6 Å². The van der Waals surface area contributed by atoms with Gasteiger partial charge in [-0.3, -0.25) is 14.7 Å². The lowest BCUT2D eigenvalue weighted by molar-refractivity contribution is -0.979. The molecule has 2 fully saturated rings. The summed E-state index contributed by atoms with van der Waals surface area (Å²) in [4.78, 5) is 33.9. The number of hydrogen-bond donors (Lipinski definition) is 3. The largest absolute Gasteiger partial charge is 0.523 e. The van der Waals surface area contributed by atoms with Crippen LogP contribution in [0.15, 0.2) is 41.4 Å². The number of anilines is 2. The number of rotatable bonds is 7. The highest BCUT2D eigenvalue weighted by atomic mass is 35.5. The molecular formula is C27H36ClFN6O4. The number of carboxylic acid groups (broad SMARTS) is 1. The molecule has 10 nitrogen and oxygen atoms in total. The van der Waals surface area contributed by atoms with Crippen LogP contribution in [0.25, 0.3) is 5.59 Å². The zero-order chi connectivity index (χ0) is 28.5. The first-order valence-electron chi connectivity index (χ1n) is 12.8. The predicted molar refractivity (Wildman–Crippen MR) is 148 cm³/mol. The van der Waals surface area contributed by atoms with E-state index >= 15 is 0 Å². The van der Waals surface area contributed by atoms with Gasteiger partial charge < -0.3 is 20.2 Å². The van der Waals surface area contributed by atoms with Crippen molar-refractivity contribution in [3.05, 3.63) is 64.0 Å². The van der Waals surface area contributed by atoms with Gasteiger partial charge >= 0.3 is 5.97 Å². The van der Waals surface area contributed by atoms with E-state index in [0.717, 1.165) is 36.9 Å².